The molecule has 2 atom stereocenters. The molecule has 1 aromatic carbocycles. The molecule has 1 saturated heterocycles. The number of halogens is 1. The Labute approximate surface area is 189 Å². The van der Waals surface area contributed by atoms with Crippen LogP contribution in [-0.2, 0) is 27.3 Å². The van der Waals surface area contributed by atoms with Crippen molar-refractivity contribution in [1.29, 1.82) is 0 Å². The van der Waals surface area contributed by atoms with Crippen LogP contribution in [0.3, 0.4) is 0 Å². The van der Waals surface area contributed by atoms with E-state index in [9.17, 15) is 23.6 Å². The number of nitrogens with zero attached hydrogens (tertiary/aromatic N) is 2. The van der Waals surface area contributed by atoms with Gasteiger partial charge in [-0.3, -0.25) is 29.4 Å². The number of amides is 3. The lowest BCUT2D eigenvalue weighted by Crippen LogP contribution is -2.52. The van der Waals surface area contributed by atoms with E-state index in [1.807, 2.05) is 0 Å². The minimum absolute atomic E-state index is 0.103. The monoisotopic (exact) mass is 457 g/mol. The maximum absolute atomic E-state index is 14.3. The van der Waals surface area contributed by atoms with E-state index in [-0.39, 0.29) is 37.0 Å². The number of carbonyl (C=O) groups is 4. The number of aryl methyl sites for hydroxylation is 1. The van der Waals surface area contributed by atoms with Crippen LogP contribution in [0.25, 0.3) is 0 Å². The zero-order valence-corrected chi connectivity index (χ0v) is 18.7. The van der Waals surface area contributed by atoms with Crippen molar-refractivity contribution >= 4 is 34.8 Å². The van der Waals surface area contributed by atoms with E-state index in [1.54, 1.807) is 42.6 Å². The molecule has 3 amide bonds. The van der Waals surface area contributed by atoms with Crippen molar-refractivity contribution in [3.8, 4) is 0 Å². The minimum atomic E-state index is -0.689. The largest absolute Gasteiger partial charge is 0.322 e. The van der Waals surface area contributed by atoms with Gasteiger partial charge in [-0.05, 0) is 38.6 Å². The molecule has 4 rings (SSSR count). The van der Waals surface area contributed by atoms with Crippen LogP contribution in [0.2, 0.25) is 0 Å². The molecule has 2 aliphatic heterocycles. The number of carbonyl (C=O) groups excluding carboxylic acids is 4. The van der Waals surface area contributed by atoms with E-state index in [0.29, 0.717) is 24.0 Å². The summed E-state index contributed by atoms with van der Waals surface area (Å²) in [5, 5.41) is 4.06. The van der Waals surface area contributed by atoms with E-state index in [4.69, 9.17) is 0 Å². The van der Waals surface area contributed by atoms with Crippen LogP contribution in [0.1, 0.15) is 51.7 Å². The second-order valence-corrected chi connectivity index (χ2v) is 9.27. The highest BCUT2D eigenvalue weighted by Gasteiger charge is 2.40. The molecule has 1 fully saturated rings. The average Bonchev–Trinajstić information content (AvgIpc) is 3.28. The zero-order chi connectivity index (χ0) is 23.0. The fraction of sp³-hybridized carbons (Fsp3) is 0.391. The third-order valence-corrected chi connectivity index (χ3v) is 7.10. The first-order valence-corrected chi connectivity index (χ1v) is 11.3. The summed E-state index contributed by atoms with van der Waals surface area (Å²) in [6.07, 6.45) is 1.16. The summed E-state index contributed by atoms with van der Waals surface area (Å²) in [6, 6.07) is 4.93. The fourth-order valence-corrected chi connectivity index (χ4v) is 5.46. The van der Waals surface area contributed by atoms with Gasteiger partial charge in [0.05, 0.1) is 11.6 Å². The number of ketones is 1. The highest BCUT2D eigenvalue weighted by atomic mass is 32.1. The fourth-order valence-electron chi connectivity index (χ4n) is 4.42. The number of piperidine rings is 1. The number of hydrogen-bond acceptors (Lipinski definition) is 6. The van der Waals surface area contributed by atoms with Crippen LogP contribution in [-0.4, -0.2) is 53.4 Å². The SMILES string of the molecule is CN(C)C(C(=O)CCc1scc2c1CN(C1CCC(=O)NC1=O)C2=O)c1ccccc1F. The van der Waals surface area contributed by atoms with Crippen molar-refractivity contribution in [2.75, 3.05) is 14.1 Å². The Balaban J connectivity index is 1.47. The van der Waals surface area contributed by atoms with Gasteiger partial charge in [0.15, 0.2) is 5.78 Å². The maximum atomic E-state index is 14.3. The molecule has 2 unspecified atom stereocenters. The van der Waals surface area contributed by atoms with Gasteiger partial charge < -0.3 is 4.90 Å². The topological polar surface area (TPSA) is 86.8 Å². The summed E-state index contributed by atoms with van der Waals surface area (Å²) in [6.45, 7) is 0.290. The highest BCUT2D eigenvalue weighted by molar-refractivity contribution is 7.10. The van der Waals surface area contributed by atoms with E-state index in [2.05, 4.69) is 5.32 Å². The predicted molar refractivity (Wildman–Crippen MR) is 117 cm³/mol. The van der Waals surface area contributed by atoms with Crippen LogP contribution < -0.4 is 5.32 Å². The molecule has 0 bridgehead atoms. The predicted octanol–water partition coefficient (Wildman–Crippen LogP) is 2.45. The van der Waals surface area contributed by atoms with E-state index < -0.39 is 23.8 Å². The minimum Gasteiger partial charge on any atom is -0.322 e. The van der Waals surface area contributed by atoms with Gasteiger partial charge in [-0.1, -0.05) is 18.2 Å². The number of likely N-dealkylation sites (N-methyl/N-ethyl adjacent to an activating group) is 1. The lowest BCUT2D eigenvalue weighted by molar-refractivity contribution is -0.137. The van der Waals surface area contributed by atoms with Crippen molar-refractivity contribution in [2.45, 2.75) is 44.3 Å². The average molecular weight is 458 g/mol. The Morgan fingerprint density at radius 2 is 2.03 bits per heavy atom. The summed E-state index contributed by atoms with van der Waals surface area (Å²) in [4.78, 5) is 53.6. The van der Waals surface area contributed by atoms with Gasteiger partial charge in [0.2, 0.25) is 11.8 Å². The number of imide groups is 1. The van der Waals surface area contributed by atoms with Gasteiger partial charge in [-0.25, -0.2) is 4.39 Å². The maximum Gasteiger partial charge on any atom is 0.256 e. The Bertz CT molecular complexity index is 1100. The van der Waals surface area contributed by atoms with Gasteiger partial charge in [0, 0.05) is 35.2 Å². The van der Waals surface area contributed by atoms with Gasteiger partial charge >= 0.3 is 0 Å². The Morgan fingerprint density at radius 3 is 2.72 bits per heavy atom. The van der Waals surface area contributed by atoms with Gasteiger partial charge in [0.1, 0.15) is 11.9 Å². The van der Waals surface area contributed by atoms with Gasteiger partial charge in [-0.2, -0.15) is 0 Å². The molecule has 0 radical (unpaired) electrons. The Morgan fingerprint density at radius 1 is 1.28 bits per heavy atom. The number of thiophene rings is 1. The van der Waals surface area contributed by atoms with E-state index in [1.165, 1.54) is 22.3 Å². The molecule has 0 aliphatic carbocycles. The first-order chi connectivity index (χ1) is 15.3. The number of nitrogens with one attached hydrogen (secondary N) is 1. The number of Topliss-reactive ketones (excluding diaryl/α,β-unsaturated/α-hetero) is 1. The van der Waals surface area contributed by atoms with E-state index in [0.717, 1.165) is 10.4 Å². The number of hydrogen-bond donors (Lipinski definition) is 1. The molecule has 9 heteroatoms. The summed E-state index contributed by atoms with van der Waals surface area (Å²) in [5.41, 5.74) is 1.74. The molecule has 1 N–H and O–H groups in total. The summed E-state index contributed by atoms with van der Waals surface area (Å²) >= 11 is 1.42. The molecule has 0 saturated carbocycles. The molecule has 2 aliphatic rings. The number of rotatable bonds is 7. The van der Waals surface area contributed by atoms with Crippen LogP contribution in [0, 0.1) is 5.82 Å². The normalized spacial score (nSPS) is 19.3. The quantitative estimate of drug-likeness (QED) is 0.646. The van der Waals surface area contributed by atoms with Crippen molar-refractivity contribution < 1.29 is 23.6 Å². The van der Waals surface area contributed by atoms with E-state index >= 15 is 0 Å². The second kappa shape index (κ2) is 8.91. The van der Waals surface area contributed by atoms with Crippen LogP contribution in [0.4, 0.5) is 4.39 Å². The smallest absolute Gasteiger partial charge is 0.256 e. The Hall–Kier alpha value is -2.91. The number of benzene rings is 1. The molecule has 0 spiro atoms. The Kier molecular flexibility index (Phi) is 6.21. The van der Waals surface area contributed by atoms with Gasteiger partial charge in [0.25, 0.3) is 5.91 Å². The molecule has 7 nitrogen and oxygen atoms in total. The molecule has 32 heavy (non-hydrogen) atoms. The molecule has 168 valence electrons. The summed E-state index contributed by atoms with van der Waals surface area (Å²) < 4.78 is 14.3. The van der Waals surface area contributed by atoms with Crippen LogP contribution in [0.5, 0.6) is 0 Å². The first-order valence-electron chi connectivity index (χ1n) is 10.5. The van der Waals surface area contributed by atoms with Crippen LogP contribution in [0.15, 0.2) is 29.6 Å². The molecule has 3 heterocycles. The lowest BCUT2D eigenvalue weighted by Gasteiger charge is -2.29. The van der Waals surface area contributed by atoms with Crippen molar-refractivity contribution in [3.63, 3.8) is 0 Å². The zero-order valence-electron chi connectivity index (χ0n) is 17.9. The van der Waals surface area contributed by atoms with Gasteiger partial charge in [-0.15, -0.1) is 11.3 Å². The third-order valence-electron chi connectivity index (χ3n) is 6.01. The molecular formula is C23H24FN3O4S. The molecule has 1 aromatic heterocycles. The second-order valence-electron chi connectivity index (χ2n) is 8.31. The highest BCUT2D eigenvalue weighted by Crippen LogP contribution is 2.35. The van der Waals surface area contributed by atoms with Crippen molar-refractivity contribution in [3.05, 3.63) is 57.0 Å². The third kappa shape index (κ3) is 4.10. The lowest BCUT2D eigenvalue weighted by atomic mass is 9.97. The summed E-state index contributed by atoms with van der Waals surface area (Å²) in [5.74, 6) is -1.51. The van der Waals surface area contributed by atoms with Crippen LogP contribution >= 0.6 is 11.3 Å². The molecule has 2 aromatic rings. The van der Waals surface area contributed by atoms with Crippen molar-refractivity contribution in [1.82, 2.24) is 15.1 Å². The summed E-state index contributed by atoms with van der Waals surface area (Å²) in [7, 11) is 3.49. The first kappa shape index (κ1) is 22.3. The standard InChI is InChI=1S/C23H24FN3O4S/c1-26(2)21(13-5-3-4-6-16(13)24)18(28)8-9-19-14-11-27(23(31)15(14)12-32-19)17-7-10-20(29)25-22(17)30/h3-6,12,17,21H,7-11H2,1-2H3,(H,25,29,30). The number of fused-ring (bicyclic) bond motifs is 1. The van der Waals surface area contributed by atoms with Crippen molar-refractivity contribution in [2.24, 2.45) is 0 Å². The molecular weight excluding hydrogens is 433 g/mol.